The number of aromatic nitrogens is 1. The smallest absolute Gasteiger partial charge is 0.254 e. The molecule has 0 fully saturated rings. The minimum atomic E-state index is -0.917. The van der Waals surface area contributed by atoms with E-state index in [2.05, 4.69) is 4.98 Å². The van der Waals surface area contributed by atoms with E-state index in [4.69, 9.17) is 5.73 Å². The molecule has 0 bridgehead atoms. The van der Waals surface area contributed by atoms with Crippen molar-refractivity contribution in [3.05, 3.63) is 23.4 Å². The topological polar surface area (TPSA) is 79.5 Å². The number of hydrogen-bond acceptors (Lipinski definition) is 4. The number of carbonyl (C=O) groups is 1. The van der Waals surface area contributed by atoms with Gasteiger partial charge in [0.05, 0.1) is 5.60 Å². The van der Waals surface area contributed by atoms with Crippen LogP contribution in [0.2, 0.25) is 0 Å². The van der Waals surface area contributed by atoms with Crippen LogP contribution in [0.5, 0.6) is 0 Å². The van der Waals surface area contributed by atoms with Gasteiger partial charge in [0.1, 0.15) is 5.82 Å². The molecule has 0 unspecified atom stereocenters. The molecule has 0 radical (unpaired) electrons. The van der Waals surface area contributed by atoms with Crippen molar-refractivity contribution in [1.29, 1.82) is 0 Å². The molecular formula is C13H21N3O2. The van der Waals surface area contributed by atoms with Gasteiger partial charge in [0, 0.05) is 24.3 Å². The monoisotopic (exact) mass is 251 g/mol. The zero-order valence-electron chi connectivity index (χ0n) is 11.4. The molecule has 0 aromatic carbocycles. The third kappa shape index (κ3) is 4.00. The standard InChI is InChI=1S/C13H21N3O2/c1-5-16(8-13(3,4)18)12(17)10-6-9(2)15-11(14)7-10/h6-7,18H,5,8H2,1-4H3,(H2,14,15). The van der Waals surface area contributed by atoms with Crippen LogP contribution in [-0.2, 0) is 0 Å². The predicted molar refractivity (Wildman–Crippen MR) is 71.3 cm³/mol. The molecule has 0 saturated heterocycles. The molecule has 0 aliphatic heterocycles. The van der Waals surface area contributed by atoms with E-state index < -0.39 is 5.60 Å². The Morgan fingerprint density at radius 3 is 2.56 bits per heavy atom. The molecule has 0 aliphatic carbocycles. The Kier molecular flexibility index (Phi) is 4.29. The molecule has 1 aromatic heterocycles. The van der Waals surface area contributed by atoms with Crippen LogP contribution in [0.1, 0.15) is 36.8 Å². The summed E-state index contributed by atoms with van der Waals surface area (Å²) in [5.74, 6) is 0.189. The first-order valence-corrected chi connectivity index (χ1v) is 5.99. The zero-order chi connectivity index (χ0) is 13.9. The van der Waals surface area contributed by atoms with Gasteiger partial charge in [0.15, 0.2) is 0 Å². The van der Waals surface area contributed by atoms with Crippen molar-refractivity contribution in [2.75, 3.05) is 18.8 Å². The van der Waals surface area contributed by atoms with Crippen LogP contribution in [-0.4, -0.2) is 39.6 Å². The third-order valence-corrected chi connectivity index (χ3v) is 2.47. The minimum absolute atomic E-state index is 0.142. The van der Waals surface area contributed by atoms with Crippen molar-refractivity contribution in [3.8, 4) is 0 Å². The maximum absolute atomic E-state index is 12.3. The van der Waals surface area contributed by atoms with Crippen molar-refractivity contribution in [2.24, 2.45) is 0 Å². The molecular weight excluding hydrogens is 230 g/mol. The van der Waals surface area contributed by atoms with Crippen molar-refractivity contribution in [3.63, 3.8) is 0 Å². The fraction of sp³-hybridized carbons (Fsp3) is 0.538. The second kappa shape index (κ2) is 5.35. The number of aryl methyl sites for hydroxylation is 1. The number of hydrogen-bond donors (Lipinski definition) is 2. The number of carbonyl (C=O) groups excluding carboxylic acids is 1. The van der Waals surface area contributed by atoms with Gasteiger partial charge in [-0.1, -0.05) is 0 Å². The second-order valence-electron chi connectivity index (χ2n) is 5.05. The Balaban J connectivity index is 2.96. The summed E-state index contributed by atoms with van der Waals surface area (Å²) >= 11 is 0. The quantitative estimate of drug-likeness (QED) is 0.843. The molecule has 100 valence electrons. The molecule has 1 amide bonds. The van der Waals surface area contributed by atoms with Crippen LogP contribution in [0.25, 0.3) is 0 Å². The Labute approximate surface area is 108 Å². The summed E-state index contributed by atoms with van der Waals surface area (Å²) in [4.78, 5) is 17.9. The first kappa shape index (κ1) is 14.4. The van der Waals surface area contributed by atoms with Gasteiger partial charge in [-0.15, -0.1) is 0 Å². The van der Waals surface area contributed by atoms with Gasteiger partial charge < -0.3 is 15.7 Å². The van der Waals surface area contributed by atoms with E-state index in [0.717, 1.165) is 0 Å². The molecule has 0 aliphatic rings. The fourth-order valence-corrected chi connectivity index (χ4v) is 1.79. The van der Waals surface area contributed by atoms with Crippen LogP contribution in [0.3, 0.4) is 0 Å². The van der Waals surface area contributed by atoms with Gasteiger partial charge in [-0.2, -0.15) is 0 Å². The summed E-state index contributed by atoms with van der Waals surface area (Å²) in [6.07, 6.45) is 0. The number of likely N-dealkylation sites (N-methyl/N-ethyl adjacent to an activating group) is 1. The van der Waals surface area contributed by atoms with E-state index in [1.807, 2.05) is 6.92 Å². The Hall–Kier alpha value is -1.62. The maximum Gasteiger partial charge on any atom is 0.254 e. The number of nitrogen functional groups attached to an aromatic ring is 1. The Morgan fingerprint density at radius 1 is 1.50 bits per heavy atom. The molecule has 1 aromatic rings. The normalized spacial score (nSPS) is 11.4. The lowest BCUT2D eigenvalue weighted by Gasteiger charge is -2.28. The van der Waals surface area contributed by atoms with Gasteiger partial charge in [-0.3, -0.25) is 4.79 Å². The van der Waals surface area contributed by atoms with E-state index in [1.54, 1.807) is 37.8 Å². The highest BCUT2D eigenvalue weighted by Gasteiger charge is 2.22. The molecule has 0 saturated carbocycles. The number of pyridine rings is 1. The second-order valence-corrected chi connectivity index (χ2v) is 5.05. The molecule has 1 rings (SSSR count). The number of aliphatic hydroxyl groups is 1. The van der Waals surface area contributed by atoms with Crippen molar-refractivity contribution < 1.29 is 9.90 Å². The zero-order valence-corrected chi connectivity index (χ0v) is 11.4. The number of amides is 1. The first-order valence-electron chi connectivity index (χ1n) is 5.99. The molecule has 18 heavy (non-hydrogen) atoms. The minimum Gasteiger partial charge on any atom is -0.389 e. The van der Waals surface area contributed by atoms with Crippen molar-refractivity contribution in [2.45, 2.75) is 33.3 Å². The molecule has 1 heterocycles. The number of anilines is 1. The molecule has 3 N–H and O–H groups in total. The predicted octanol–water partition coefficient (Wildman–Crippen LogP) is 1.21. The van der Waals surface area contributed by atoms with E-state index in [0.29, 0.717) is 23.6 Å². The SMILES string of the molecule is CCN(CC(C)(C)O)C(=O)c1cc(C)nc(N)c1. The average Bonchev–Trinajstić information content (AvgIpc) is 2.22. The van der Waals surface area contributed by atoms with E-state index in [-0.39, 0.29) is 12.5 Å². The summed E-state index contributed by atoms with van der Waals surface area (Å²) in [5, 5.41) is 9.79. The van der Waals surface area contributed by atoms with Gasteiger partial charge in [0.2, 0.25) is 0 Å². The van der Waals surface area contributed by atoms with E-state index >= 15 is 0 Å². The number of nitrogens with zero attached hydrogens (tertiary/aromatic N) is 2. The summed E-state index contributed by atoms with van der Waals surface area (Å²) in [7, 11) is 0. The van der Waals surface area contributed by atoms with Gasteiger partial charge >= 0.3 is 0 Å². The van der Waals surface area contributed by atoms with Crippen molar-refractivity contribution in [1.82, 2.24) is 9.88 Å². The van der Waals surface area contributed by atoms with Crippen LogP contribution in [0.15, 0.2) is 12.1 Å². The van der Waals surface area contributed by atoms with Crippen LogP contribution in [0, 0.1) is 6.92 Å². The highest BCUT2D eigenvalue weighted by molar-refractivity contribution is 5.95. The lowest BCUT2D eigenvalue weighted by Crippen LogP contribution is -2.42. The fourth-order valence-electron chi connectivity index (χ4n) is 1.79. The average molecular weight is 251 g/mol. The Bertz CT molecular complexity index is 418. The summed E-state index contributed by atoms with van der Waals surface area (Å²) in [6, 6.07) is 3.26. The van der Waals surface area contributed by atoms with Crippen LogP contribution in [0.4, 0.5) is 5.82 Å². The largest absolute Gasteiger partial charge is 0.389 e. The van der Waals surface area contributed by atoms with E-state index in [9.17, 15) is 9.90 Å². The summed E-state index contributed by atoms with van der Waals surface area (Å²) in [5.41, 5.74) is 5.93. The van der Waals surface area contributed by atoms with Crippen LogP contribution < -0.4 is 5.73 Å². The number of rotatable bonds is 4. The van der Waals surface area contributed by atoms with Gasteiger partial charge in [0.25, 0.3) is 5.91 Å². The molecule has 0 atom stereocenters. The first-order chi connectivity index (χ1) is 8.23. The maximum atomic E-state index is 12.3. The number of nitrogens with two attached hydrogens (primary N) is 1. The van der Waals surface area contributed by atoms with E-state index in [1.165, 1.54) is 0 Å². The van der Waals surface area contributed by atoms with Gasteiger partial charge in [-0.25, -0.2) is 4.98 Å². The van der Waals surface area contributed by atoms with Crippen molar-refractivity contribution >= 4 is 11.7 Å². The summed E-state index contributed by atoms with van der Waals surface area (Å²) in [6.45, 7) is 7.83. The lowest BCUT2D eigenvalue weighted by molar-refractivity contribution is 0.0314. The molecule has 5 heteroatoms. The molecule has 5 nitrogen and oxygen atoms in total. The summed E-state index contributed by atoms with van der Waals surface area (Å²) < 4.78 is 0. The third-order valence-electron chi connectivity index (χ3n) is 2.47. The van der Waals surface area contributed by atoms with Crippen LogP contribution >= 0.6 is 0 Å². The molecule has 0 spiro atoms. The lowest BCUT2D eigenvalue weighted by atomic mass is 10.1. The highest BCUT2D eigenvalue weighted by atomic mass is 16.3. The van der Waals surface area contributed by atoms with Gasteiger partial charge in [-0.05, 0) is 39.8 Å². The Morgan fingerprint density at radius 2 is 2.11 bits per heavy atom. The highest BCUT2D eigenvalue weighted by Crippen LogP contribution is 2.13.